The lowest BCUT2D eigenvalue weighted by Gasteiger charge is -2.62. The Labute approximate surface area is 747 Å². The lowest BCUT2D eigenvalue weighted by molar-refractivity contribution is -0.185. The van der Waals surface area contributed by atoms with E-state index in [1.54, 1.807) is 6.92 Å². The van der Waals surface area contributed by atoms with Gasteiger partial charge in [-0.2, -0.15) is 0 Å². The minimum Gasteiger partial charge on any atom is -0.469 e. The molecular formula is C105H191NO16. The van der Waals surface area contributed by atoms with Crippen LogP contribution in [0.25, 0.3) is 0 Å². The molecule has 25 unspecified atom stereocenters. The van der Waals surface area contributed by atoms with Crippen LogP contribution < -0.4 is 5.32 Å². The SMILES string of the molecule is C.C.C.C.C.C.CCC(C)(C)C(=O)OCCNC(=O)O[C@@H]1CCC2(C)C(CCC3C2CCC2(C)C(C(C)CCC(=O)OC)CCC32)C1.CCC(C)(C)C(=O)O[C@@H]1CCC2(C)C(CCC3C2C[C@H](O)C2(C)C(C(C)CCC(=O)OC)CCC32)C1.CCOC(C)OC(=O)CCC(C)C1CCC2C3CCC4C[C@H](OC(=O)C(C)(C)CC)CCC4(C)C3CCC12C. The molecule has 0 bridgehead atoms. The molecule has 122 heavy (non-hydrogen) atoms. The van der Waals surface area contributed by atoms with Gasteiger partial charge in [0.15, 0.2) is 6.29 Å². The summed E-state index contributed by atoms with van der Waals surface area (Å²) in [5.74, 6) is 11.2. The Kier molecular flexibility index (Phi) is 40.7. The van der Waals surface area contributed by atoms with Crippen molar-refractivity contribution in [1.82, 2.24) is 5.32 Å². The van der Waals surface area contributed by atoms with Gasteiger partial charge < -0.3 is 48.3 Å². The van der Waals surface area contributed by atoms with Crippen molar-refractivity contribution < 1.29 is 76.6 Å². The van der Waals surface area contributed by atoms with Gasteiger partial charge in [-0.15, -0.1) is 0 Å². The number of alkyl carbamates (subject to hydrolysis) is 1. The van der Waals surface area contributed by atoms with Crippen LogP contribution in [0.1, 0.15) is 408 Å². The first-order chi connectivity index (χ1) is 54.6. The highest BCUT2D eigenvalue weighted by Gasteiger charge is 2.66. The molecule has 12 fully saturated rings. The van der Waals surface area contributed by atoms with Crippen molar-refractivity contribution in [3.63, 3.8) is 0 Å². The largest absolute Gasteiger partial charge is 0.469 e. The van der Waals surface area contributed by atoms with Gasteiger partial charge in [-0.1, -0.05) is 128 Å². The van der Waals surface area contributed by atoms with Crippen LogP contribution in [0.4, 0.5) is 4.79 Å². The highest BCUT2D eigenvalue weighted by Crippen LogP contribution is 2.73. The highest BCUT2D eigenvalue weighted by atomic mass is 16.7. The van der Waals surface area contributed by atoms with Crippen LogP contribution in [0.2, 0.25) is 0 Å². The molecule has 17 heteroatoms. The lowest BCUT2D eigenvalue weighted by Crippen LogP contribution is -2.59. The molecule has 0 aromatic rings. The molecule has 12 aliphatic carbocycles. The molecular weight excluding hydrogens is 1530 g/mol. The Balaban J connectivity index is 0.000000376. The maximum absolute atomic E-state index is 12.8. The second kappa shape index (κ2) is 45.0. The number of rotatable bonds is 27. The summed E-state index contributed by atoms with van der Waals surface area (Å²) in [7, 11) is 2.95. The zero-order chi connectivity index (χ0) is 85.1. The highest BCUT2D eigenvalue weighted by molar-refractivity contribution is 5.77. The summed E-state index contributed by atoms with van der Waals surface area (Å²) in [6.45, 7) is 44.7. The molecule has 2 N–H and O–H groups in total. The minimum absolute atomic E-state index is 0. The normalized spacial score (nSPS) is 37.8. The standard InChI is InChI=1S/C34H57NO6.C34H58O5.C31H52O5.6CH4/c1-8-32(3,4)30(37)40-20-19-35-31(38)41-24-15-17-33(5)23(21-24)10-11-25-27-13-12-26(22(2)9-14-29(36)39-7)34(27,6)18-16-28(25)33;1-9-32(5,6)31(36)39-25-17-19-33(7)24(21-25)12-13-26-28-15-14-27(34(28,8)20-18-29(26)33)22(3)11-16-30(35)38-23(4)37-10-2;1-8-29(3,4)28(34)36-21-15-16-30(5)20(17-21)10-11-22-24-13-12-23(19(2)9-14-27(33)35-7)31(24,6)26(32)18-25(22)30;;;;;;/h22-28H,8-21H2,1-7H3,(H,35,38);22-29H,9-21H2,1-8H3;19-26,32H,8-18H2,1-7H3;6*1H4/t22?,23?,24-,25?,26?,27?,28?,33?,34?;22?,23?,24?,25-,26?,27?,28?,29?,33?,34?;19?,20?,21-,22?,23?,24?,25?,26+,30?,31?;;;;;;/m111....../s1. The molecule has 0 aliphatic heterocycles. The smallest absolute Gasteiger partial charge is 0.407 e. The van der Waals surface area contributed by atoms with E-state index in [0.717, 1.165) is 132 Å². The van der Waals surface area contributed by atoms with Crippen molar-refractivity contribution in [3.8, 4) is 0 Å². The van der Waals surface area contributed by atoms with Gasteiger partial charge in [-0.3, -0.25) is 28.8 Å². The third-order valence-corrected chi connectivity index (χ3v) is 37.5. The fraction of sp³-hybridized carbons (Fsp3) is 0.933. The minimum atomic E-state index is -0.505. The van der Waals surface area contributed by atoms with E-state index < -0.39 is 23.2 Å². The van der Waals surface area contributed by atoms with Crippen LogP contribution in [0.5, 0.6) is 0 Å². The summed E-state index contributed by atoms with van der Waals surface area (Å²) in [4.78, 5) is 86.1. The summed E-state index contributed by atoms with van der Waals surface area (Å²) < 4.78 is 43.9. The van der Waals surface area contributed by atoms with Crippen LogP contribution in [-0.2, 0) is 66.7 Å². The summed E-state index contributed by atoms with van der Waals surface area (Å²) >= 11 is 0. The number of nitrogens with one attached hydrogen (secondary N) is 1. The first-order valence-electron chi connectivity index (χ1n) is 47.8. The number of carbonyl (C=O) groups is 7. The molecule has 12 rings (SSSR count). The molecule has 712 valence electrons. The number of aliphatic hydroxyl groups is 1. The van der Waals surface area contributed by atoms with Gasteiger partial charge in [0.25, 0.3) is 0 Å². The van der Waals surface area contributed by atoms with Crippen molar-refractivity contribution in [2.24, 2.45) is 155 Å². The summed E-state index contributed by atoms with van der Waals surface area (Å²) in [6, 6.07) is 0. The molecule has 0 radical (unpaired) electrons. The molecule has 12 saturated carbocycles. The summed E-state index contributed by atoms with van der Waals surface area (Å²) in [5.41, 5.74) is 0.363. The molecule has 0 saturated heterocycles. The Morgan fingerprint density at radius 3 is 1.15 bits per heavy atom. The van der Waals surface area contributed by atoms with Crippen LogP contribution in [0.15, 0.2) is 0 Å². The average molecular weight is 1720 g/mol. The van der Waals surface area contributed by atoms with Gasteiger partial charge in [-0.25, -0.2) is 4.79 Å². The predicted octanol–water partition coefficient (Wildman–Crippen LogP) is 26.0. The van der Waals surface area contributed by atoms with Gasteiger partial charge in [0.1, 0.15) is 24.9 Å². The van der Waals surface area contributed by atoms with Crippen LogP contribution >= 0.6 is 0 Å². The Bertz CT molecular complexity index is 3310. The fourth-order valence-corrected chi connectivity index (χ4v) is 28.9. The molecule has 0 spiro atoms. The number of amides is 1. The number of carbonyl (C=O) groups excluding carboxylic acids is 7. The van der Waals surface area contributed by atoms with E-state index in [0.29, 0.717) is 125 Å². The average Bonchev–Trinajstić information content (AvgIpc) is 1.46. The van der Waals surface area contributed by atoms with Crippen molar-refractivity contribution in [2.45, 2.75) is 438 Å². The number of ether oxygens (including phenoxy) is 8. The van der Waals surface area contributed by atoms with Crippen molar-refractivity contribution in [3.05, 3.63) is 0 Å². The first-order valence-corrected chi connectivity index (χ1v) is 47.8. The maximum Gasteiger partial charge on any atom is 0.407 e. The molecule has 0 aromatic carbocycles. The predicted molar refractivity (Wildman–Crippen MR) is 495 cm³/mol. The van der Waals surface area contributed by atoms with Crippen molar-refractivity contribution >= 4 is 41.9 Å². The van der Waals surface area contributed by atoms with Crippen molar-refractivity contribution in [2.75, 3.05) is 34.0 Å². The maximum atomic E-state index is 12.8. The van der Waals surface area contributed by atoms with E-state index in [1.165, 1.54) is 117 Å². The van der Waals surface area contributed by atoms with Crippen LogP contribution in [0, 0.1) is 155 Å². The third-order valence-electron chi connectivity index (χ3n) is 37.5. The molecule has 17 nitrogen and oxygen atoms in total. The lowest BCUT2D eigenvalue weighted by atomic mass is 9.43. The molecule has 1 amide bonds. The van der Waals surface area contributed by atoms with Crippen molar-refractivity contribution in [1.29, 1.82) is 0 Å². The zero-order valence-corrected chi connectivity index (χ0v) is 77.2. The Morgan fingerprint density at radius 2 is 0.746 bits per heavy atom. The topological polar surface area (TPSA) is 226 Å². The summed E-state index contributed by atoms with van der Waals surface area (Å²) in [6.07, 6.45) is 36.3. The Morgan fingerprint density at radius 1 is 0.402 bits per heavy atom. The van der Waals surface area contributed by atoms with E-state index in [1.807, 2.05) is 55.4 Å². The van der Waals surface area contributed by atoms with Gasteiger partial charge in [0.2, 0.25) is 0 Å². The van der Waals surface area contributed by atoms with Gasteiger partial charge >= 0.3 is 41.9 Å². The number of esters is 6. The van der Waals surface area contributed by atoms with E-state index >= 15 is 0 Å². The number of hydrogen-bond acceptors (Lipinski definition) is 16. The zero-order valence-electron chi connectivity index (χ0n) is 77.2. The summed E-state index contributed by atoms with van der Waals surface area (Å²) in [5, 5.41) is 14.5. The van der Waals surface area contributed by atoms with E-state index in [-0.39, 0.29) is 134 Å². The van der Waals surface area contributed by atoms with E-state index in [2.05, 4.69) is 81.5 Å². The molecule has 12 aliphatic rings. The number of fused-ring (bicyclic) bond motifs is 15. The number of hydrogen-bond donors (Lipinski definition) is 2. The number of methoxy groups -OCH3 is 2. The van der Waals surface area contributed by atoms with E-state index in [9.17, 15) is 38.7 Å². The van der Waals surface area contributed by atoms with E-state index in [4.69, 9.17) is 37.9 Å². The van der Waals surface area contributed by atoms with Crippen LogP contribution in [0.3, 0.4) is 0 Å². The first kappa shape index (κ1) is 110. The fourth-order valence-electron chi connectivity index (χ4n) is 28.9. The van der Waals surface area contributed by atoms with Gasteiger partial charge in [-0.05, 0) is 400 Å². The molecule has 0 heterocycles. The second-order valence-electron chi connectivity index (χ2n) is 44.1. The molecule has 29 atom stereocenters. The third kappa shape index (κ3) is 23.1. The quantitative estimate of drug-likeness (QED) is 0.0337. The van der Waals surface area contributed by atoms with Gasteiger partial charge in [0.05, 0.1) is 43.1 Å². The molecule has 0 aromatic heterocycles. The monoisotopic (exact) mass is 1720 g/mol. The second-order valence-corrected chi connectivity index (χ2v) is 44.1. The Hall–Kier alpha value is -3.99. The number of aliphatic hydroxyl groups excluding tert-OH is 1. The van der Waals surface area contributed by atoms with Crippen LogP contribution in [-0.4, -0.2) is 112 Å². The van der Waals surface area contributed by atoms with Gasteiger partial charge in [0, 0.05) is 25.9 Å².